The van der Waals surface area contributed by atoms with Crippen molar-refractivity contribution in [3.8, 4) is 0 Å². The lowest BCUT2D eigenvalue weighted by Crippen LogP contribution is -2.10. The van der Waals surface area contributed by atoms with Crippen molar-refractivity contribution in [2.45, 2.75) is 0 Å². The molecule has 0 aromatic heterocycles. The zero-order chi connectivity index (χ0) is 16.5. The topological polar surface area (TPSA) is 115 Å². The molecule has 1 amide bonds. The lowest BCUT2D eigenvalue weighted by Gasteiger charge is -1.95. The van der Waals surface area contributed by atoms with E-state index in [4.69, 9.17) is 10.8 Å². The molecule has 0 atom stereocenters. The van der Waals surface area contributed by atoms with E-state index in [9.17, 15) is 19.2 Å². The Balaban J connectivity index is 0.000000224. The van der Waals surface area contributed by atoms with Crippen molar-refractivity contribution in [1.82, 2.24) is 0 Å². The van der Waals surface area contributed by atoms with Crippen molar-refractivity contribution in [2.24, 2.45) is 5.73 Å². The van der Waals surface area contributed by atoms with Crippen molar-refractivity contribution in [2.75, 3.05) is 0 Å². The minimum atomic E-state index is -1.02. The fourth-order valence-corrected chi connectivity index (χ4v) is 1.43. The molecule has 2 aromatic rings. The third kappa shape index (κ3) is 5.01. The van der Waals surface area contributed by atoms with E-state index in [0.29, 0.717) is 16.7 Å². The average molecular weight is 299 g/mol. The summed E-state index contributed by atoms with van der Waals surface area (Å²) in [6, 6.07) is 11.9. The molecule has 0 bridgehead atoms. The van der Waals surface area contributed by atoms with Gasteiger partial charge >= 0.3 is 5.97 Å². The first-order chi connectivity index (χ1) is 10.5. The molecule has 22 heavy (non-hydrogen) atoms. The number of aldehydes is 2. The first kappa shape index (κ1) is 16.8. The number of carbonyl (C=O) groups is 4. The van der Waals surface area contributed by atoms with Gasteiger partial charge in [0.1, 0.15) is 12.6 Å². The Morgan fingerprint density at radius 1 is 0.773 bits per heavy atom. The van der Waals surface area contributed by atoms with Gasteiger partial charge in [0.2, 0.25) is 5.91 Å². The van der Waals surface area contributed by atoms with Crippen molar-refractivity contribution in [3.63, 3.8) is 0 Å². The Bertz CT molecular complexity index is 615. The summed E-state index contributed by atoms with van der Waals surface area (Å²) >= 11 is 0. The number of hydrogen-bond donors (Lipinski definition) is 2. The maximum atomic E-state index is 10.6. The first-order valence-corrected chi connectivity index (χ1v) is 6.11. The fourth-order valence-electron chi connectivity index (χ4n) is 1.43. The van der Waals surface area contributed by atoms with Gasteiger partial charge < -0.3 is 10.8 Å². The standard InChI is InChI=1S/C8H7NO3.C8H6O2/c9-7(10)5-1-3-6(4-2-5)8(11)12;9-5-7-1-2-8(6-10)4-3-7/h1-4H,(H2,9,10)(H,11,12);1-6H. The Labute approximate surface area is 126 Å². The fraction of sp³-hybridized carbons (Fsp3) is 0. The minimum absolute atomic E-state index is 0.139. The van der Waals surface area contributed by atoms with Gasteiger partial charge in [-0.15, -0.1) is 0 Å². The number of primary amides is 1. The highest BCUT2D eigenvalue weighted by Gasteiger charge is 2.03. The van der Waals surface area contributed by atoms with Gasteiger partial charge in [0.15, 0.2) is 0 Å². The van der Waals surface area contributed by atoms with Crippen molar-refractivity contribution < 1.29 is 24.3 Å². The van der Waals surface area contributed by atoms with Crippen LogP contribution in [0.1, 0.15) is 41.4 Å². The molecular formula is C16H13NO5. The average Bonchev–Trinajstić information content (AvgIpc) is 2.55. The van der Waals surface area contributed by atoms with Gasteiger partial charge in [0.05, 0.1) is 5.56 Å². The highest BCUT2D eigenvalue weighted by Crippen LogP contribution is 2.03. The van der Waals surface area contributed by atoms with Gasteiger partial charge in [-0.05, 0) is 24.3 Å². The molecule has 2 aromatic carbocycles. The van der Waals surface area contributed by atoms with Gasteiger partial charge in [0.25, 0.3) is 0 Å². The smallest absolute Gasteiger partial charge is 0.335 e. The summed E-state index contributed by atoms with van der Waals surface area (Å²) in [4.78, 5) is 41.2. The van der Waals surface area contributed by atoms with Gasteiger partial charge in [0, 0.05) is 16.7 Å². The summed E-state index contributed by atoms with van der Waals surface area (Å²) in [7, 11) is 0. The maximum absolute atomic E-state index is 10.6. The van der Waals surface area contributed by atoms with E-state index in [1.165, 1.54) is 24.3 Å². The van der Waals surface area contributed by atoms with E-state index < -0.39 is 11.9 Å². The molecule has 0 aliphatic carbocycles. The minimum Gasteiger partial charge on any atom is -0.478 e. The molecule has 0 fully saturated rings. The van der Waals surface area contributed by atoms with Crippen LogP contribution in [-0.2, 0) is 0 Å². The highest BCUT2D eigenvalue weighted by atomic mass is 16.4. The van der Waals surface area contributed by atoms with Gasteiger partial charge in [-0.25, -0.2) is 4.79 Å². The second-order valence-electron chi connectivity index (χ2n) is 4.15. The van der Waals surface area contributed by atoms with Crippen molar-refractivity contribution in [1.29, 1.82) is 0 Å². The van der Waals surface area contributed by atoms with Crippen LogP contribution in [-0.4, -0.2) is 29.6 Å². The number of benzene rings is 2. The Morgan fingerprint density at radius 3 is 1.41 bits per heavy atom. The number of carbonyl (C=O) groups excluding carboxylic acids is 3. The number of carboxylic acid groups (broad SMARTS) is 1. The van der Waals surface area contributed by atoms with E-state index in [-0.39, 0.29) is 5.56 Å². The van der Waals surface area contributed by atoms with E-state index in [1.807, 2.05) is 0 Å². The number of amides is 1. The van der Waals surface area contributed by atoms with Gasteiger partial charge in [-0.2, -0.15) is 0 Å². The third-order valence-corrected chi connectivity index (χ3v) is 2.63. The molecule has 0 aliphatic rings. The van der Waals surface area contributed by atoms with Crippen LogP contribution in [0.4, 0.5) is 0 Å². The molecule has 0 unspecified atom stereocenters. The van der Waals surface area contributed by atoms with Crippen LogP contribution in [0.25, 0.3) is 0 Å². The maximum Gasteiger partial charge on any atom is 0.335 e. The molecule has 2 rings (SSSR count). The zero-order valence-corrected chi connectivity index (χ0v) is 11.4. The van der Waals surface area contributed by atoms with Crippen molar-refractivity contribution in [3.05, 3.63) is 70.8 Å². The van der Waals surface area contributed by atoms with Crippen molar-refractivity contribution >= 4 is 24.4 Å². The second kappa shape index (κ2) is 8.11. The zero-order valence-electron chi connectivity index (χ0n) is 11.4. The molecule has 0 saturated heterocycles. The van der Waals surface area contributed by atoms with E-state index >= 15 is 0 Å². The molecule has 3 N–H and O–H groups in total. The molecule has 0 spiro atoms. The predicted octanol–water partition coefficient (Wildman–Crippen LogP) is 1.80. The van der Waals surface area contributed by atoms with Crippen LogP contribution in [0.15, 0.2) is 48.5 Å². The van der Waals surface area contributed by atoms with E-state index in [2.05, 4.69) is 0 Å². The lowest BCUT2D eigenvalue weighted by atomic mass is 10.1. The quantitative estimate of drug-likeness (QED) is 0.835. The van der Waals surface area contributed by atoms with E-state index in [0.717, 1.165) is 12.6 Å². The Morgan fingerprint density at radius 2 is 1.14 bits per heavy atom. The molecule has 112 valence electrons. The summed E-state index contributed by atoms with van der Waals surface area (Å²) in [6.45, 7) is 0. The Kier molecular flexibility index (Phi) is 6.18. The molecule has 6 heteroatoms. The Hall–Kier alpha value is -3.28. The molecule has 0 heterocycles. The SMILES string of the molecule is NC(=O)c1ccc(C(=O)O)cc1.O=Cc1ccc(C=O)cc1. The first-order valence-electron chi connectivity index (χ1n) is 6.11. The number of hydrogen-bond acceptors (Lipinski definition) is 4. The predicted molar refractivity (Wildman–Crippen MR) is 79.1 cm³/mol. The summed E-state index contributed by atoms with van der Waals surface area (Å²) < 4.78 is 0. The van der Waals surface area contributed by atoms with Gasteiger partial charge in [-0.3, -0.25) is 14.4 Å². The van der Waals surface area contributed by atoms with Gasteiger partial charge in [-0.1, -0.05) is 24.3 Å². The van der Waals surface area contributed by atoms with E-state index in [1.54, 1.807) is 24.3 Å². The molecule has 0 radical (unpaired) electrons. The number of aromatic carboxylic acids is 1. The summed E-state index contributed by atoms with van der Waals surface area (Å²) in [5.74, 6) is -1.59. The van der Waals surface area contributed by atoms with Crippen LogP contribution in [0.5, 0.6) is 0 Å². The largest absolute Gasteiger partial charge is 0.478 e. The summed E-state index contributed by atoms with van der Waals surface area (Å²) in [5.41, 5.74) is 6.58. The summed E-state index contributed by atoms with van der Waals surface area (Å²) in [6.07, 6.45) is 1.49. The number of carboxylic acids is 1. The highest BCUT2D eigenvalue weighted by molar-refractivity contribution is 5.94. The number of rotatable bonds is 4. The third-order valence-electron chi connectivity index (χ3n) is 2.63. The summed E-state index contributed by atoms with van der Waals surface area (Å²) in [5, 5.41) is 8.50. The van der Waals surface area contributed by atoms with Crippen LogP contribution in [0.3, 0.4) is 0 Å². The van der Waals surface area contributed by atoms with Crippen LogP contribution in [0.2, 0.25) is 0 Å². The molecule has 0 saturated carbocycles. The van der Waals surface area contributed by atoms with Crippen LogP contribution in [0, 0.1) is 0 Å². The van der Waals surface area contributed by atoms with Crippen LogP contribution >= 0.6 is 0 Å². The second-order valence-corrected chi connectivity index (χ2v) is 4.15. The van der Waals surface area contributed by atoms with Crippen LogP contribution < -0.4 is 5.73 Å². The number of nitrogens with two attached hydrogens (primary N) is 1. The molecular weight excluding hydrogens is 286 g/mol. The lowest BCUT2D eigenvalue weighted by molar-refractivity contribution is 0.0696. The molecule has 0 aliphatic heterocycles. The normalized spacial score (nSPS) is 9.09. The monoisotopic (exact) mass is 299 g/mol. The molecule has 6 nitrogen and oxygen atoms in total.